The zero-order valence-electron chi connectivity index (χ0n) is 15.0. The van der Waals surface area contributed by atoms with E-state index in [-0.39, 0.29) is 6.04 Å². The molecule has 2 fully saturated rings. The van der Waals surface area contributed by atoms with Gasteiger partial charge in [-0.15, -0.1) is 0 Å². The third-order valence-corrected chi connectivity index (χ3v) is 5.56. The predicted molar refractivity (Wildman–Crippen MR) is 104 cm³/mol. The van der Waals surface area contributed by atoms with E-state index in [4.69, 9.17) is 14.0 Å². The van der Waals surface area contributed by atoms with E-state index in [9.17, 15) is 0 Å². The molecule has 5 rings (SSSR count). The van der Waals surface area contributed by atoms with Gasteiger partial charge in [-0.25, -0.2) is 0 Å². The Morgan fingerprint density at radius 3 is 1.70 bits per heavy atom. The summed E-state index contributed by atoms with van der Waals surface area (Å²) in [7, 11) is 0. The lowest BCUT2D eigenvalue weighted by Crippen LogP contribution is -2.99. The van der Waals surface area contributed by atoms with Crippen LogP contribution in [0.4, 0.5) is 0 Å². The fraction of sp³-hybridized carbons (Fsp3) is 0.182. The van der Waals surface area contributed by atoms with Crippen LogP contribution in [0.3, 0.4) is 0 Å². The Balaban J connectivity index is 1.75. The van der Waals surface area contributed by atoms with Gasteiger partial charge in [0, 0.05) is 18.8 Å². The first-order valence-corrected chi connectivity index (χ1v) is 9.46. The topological polar surface area (TPSA) is 44.3 Å². The van der Waals surface area contributed by atoms with Crippen molar-refractivity contribution in [2.45, 2.75) is 11.6 Å². The van der Waals surface area contributed by atoms with E-state index in [0.29, 0.717) is 13.2 Å². The Morgan fingerprint density at radius 2 is 1.19 bits per heavy atom. The van der Waals surface area contributed by atoms with Crippen molar-refractivity contribution in [1.29, 1.82) is 0 Å². The molecule has 27 heavy (non-hydrogen) atoms. The van der Waals surface area contributed by atoms with Crippen LogP contribution in [0.2, 0.25) is 0 Å². The molecule has 4 nitrogen and oxygen atoms in total. The zero-order valence-corrected chi connectivity index (χ0v) is 15.0. The van der Waals surface area contributed by atoms with Crippen LogP contribution >= 0.6 is 0 Å². The third-order valence-electron chi connectivity index (χ3n) is 5.56. The second-order valence-corrected chi connectivity index (χ2v) is 7.10. The van der Waals surface area contributed by atoms with Crippen LogP contribution in [0, 0.1) is 0 Å². The van der Waals surface area contributed by atoms with Gasteiger partial charge in [0.25, 0.3) is 0 Å². The third kappa shape index (κ3) is 2.71. The second kappa shape index (κ2) is 6.62. The lowest BCUT2D eigenvalue weighted by molar-refractivity contribution is -0.597. The van der Waals surface area contributed by atoms with Crippen molar-refractivity contribution in [2.24, 2.45) is 0 Å². The smallest absolute Gasteiger partial charge is 0.484 e. The number of benzene rings is 3. The zero-order chi connectivity index (χ0) is 18.2. The second-order valence-electron chi connectivity index (χ2n) is 7.10. The van der Waals surface area contributed by atoms with E-state index >= 15 is 0 Å². The van der Waals surface area contributed by atoms with Gasteiger partial charge in [-0.3, -0.25) is 0 Å². The number of nitrogens with two attached hydrogens (primary N) is 1. The molecule has 2 N–H and O–H groups in total. The Kier molecular flexibility index (Phi) is 4.10. The molecule has 3 aromatic rings. The van der Waals surface area contributed by atoms with Gasteiger partial charge in [-0.2, -0.15) is 0 Å². The van der Waals surface area contributed by atoms with E-state index in [1.54, 1.807) is 0 Å². The molecule has 0 aliphatic carbocycles. The molecule has 2 saturated heterocycles. The summed E-state index contributed by atoms with van der Waals surface area (Å²) in [6.07, 6.45) is 0. The van der Waals surface area contributed by atoms with Crippen LogP contribution in [0.5, 0.6) is 0 Å². The summed E-state index contributed by atoms with van der Waals surface area (Å²) in [5, 5.41) is 2.14. The predicted octanol–water partition coefficient (Wildman–Crippen LogP) is 2.75. The van der Waals surface area contributed by atoms with E-state index < -0.39 is 12.5 Å². The average molecular weight is 359 g/mol. The SMILES string of the molecule is c1ccc([C@H]2[NH2+][B-]3(OCCO3)OC2(c2ccccc2)c2ccccc2)cc1. The fourth-order valence-corrected chi connectivity index (χ4v) is 4.43. The van der Waals surface area contributed by atoms with Gasteiger partial charge < -0.3 is 19.2 Å². The van der Waals surface area contributed by atoms with Crippen molar-refractivity contribution in [1.82, 2.24) is 0 Å². The highest BCUT2D eigenvalue weighted by Crippen LogP contribution is 2.47. The average Bonchev–Trinajstić information content (AvgIpc) is 3.35. The Morgan fingerprint density at radius 1 is 0.704 bits per heavy atom. The van der Waals surface area contributed by atoms with Gasteiger partial charge >= 0.3 is 6.89 Å². The highest BCUT2D eigenvalue weighted by molar-refractivity contribution is 6.52. The molecule has 1 atom stereocenters. The lowest BCUT2D eigenvalue weighted by atomic mass is 9.78. The summed E-state index contributed by atoms with van der Waals surface area (Å²) < 4.78 is 18.8. The highest BCUT2D eigenvalue weighted by atomic mass is 16.8. The maximum atomic E-state index is 6.80. The maximum Gasteiger partial charge on any atom is 0.623 e. The molecule has 0 amide bonds. The van der Waals surface area contributed by atoms with Crippen molar-refractivity contribution in [3.8, 4) is 0 Å². The standard InChI is InChI=1S/C22H22BNO3/c1-4-10-18(11-5-1)21-22(19-12-6-2-7-13-19,20-14-8-3-9-15-20)27-23(24-21)25-16-17-26-23/h1-15,21H,16-17,24H2/t21-/m1/s1. The molecular weight excluding hydrogens is 337 g/mol. The molecule has 3 aromatic carbocycles. The Bertz CT molecular complexity index is 859. The summed E-state index contributed by atoms with van der Waals surface area (Å²) in [5.74, 6) is 0. The van der Waals surface area contributed by atoms with Crippen molar-refractivity contribution in [3.63, 3.8) is 0 Å². The first-order valence-electron chi connectivity index (χ1n) is 9.46. The van der Waals surface area contributed by atoms with Gasteiger partial charge in [0.15, 0.2) is 0 Å². The number of rotatable bonds is 3. The van der Waals surface area contributed by atoms with Crippen LogP contribution in [0.1, 0.15) is 22.7 Å². The number of hydrogen-bond donors (Lipinski definition) is 1. The van der Waals surface area contributed by atoms with Crippen molar-refractivity contribution in [2.75, 3.05) is 13.2 Å². The quantitative estimate of drug-likeness (QED) is 0.732. The number of hydrogen-bond acceptors (Lipinski definition) is 3. The minimum absolute atomic E-state index is 0.0263. The Labute approximate surface area is 159 Å². The van der Waals surface area contributed by atoms with Gasteiger partial charge in [0.2, 0.25) is 0 Å². The summed E-state index contributed by atoms with van der Waals surface area (Å²) in [6, 6.07) is 31.2. The van der Waals surface area contributed by atoms with Crippen LogP contribution in [0.25, 0.3) is 0 Å². The van der Waals surface area contributed by atoms with Crippen LogP contribution in [-0.4, -0.2) is 20.1 Å². The lowest BCUT2D eigenvalue weighted by Gasteiger charge is -2.37. The highest BCUT2D eigenvalue weighted by Gasteiger charge is 2.62. The minimum Gasteiger partial charge on any atom is -0.484 e. The first kappa shape index (κ1) is 16.7. The molecule has 0 unspecified atom stereocenters. The van der Waals surface area contributed by atoms with E-state index in [1.807, 2.05) is 18.2 Å². The van der Waals surface area contributed by atoms with Crippen LogP contribution < -0.4 is 5.23 Å². The minimum atomic E-state index is -1.89. The van der Waals surface area contributed by atoms with Gasteiger partial charge in [-0.1, -0.05) is 91.0 Å². The maximum absolute atomic E-state index is 6.80. The van der Waals surface area contributed by atoms with Crippen molar-refractivity contribution < 1.29 is 19.2 Å². The molecule has 136 valence electrons. The fourth-order valence-electron chi connectivity index (χ4n) is 4.43. The molecule has 0 radical (unpaired) electrons. The first-order chi connectivity index (χ1) is 13.3. The summed E-state index contributed by atoms with van der Waals surface area (Å²) in [4.78, 5) is 0. The van der Waals surface area contributed by atoms with Crippen molar-refractivity contribution >= 4 is 6.89 Å². The van der Waals surface area contributed by atoms with E-state index in [1.165, 1.54) is 5.56 Å². The molecule has 0 aromatic heterocycles. The normalized spacial score (nSPS) is 22.9. The molecule has 0 saturated carbocycles. The molecular formula is C22H22BNO3. The van der Waals surface area contributed by atoms with Crippen LogP contribution in [0.15, 0.2) is 91.0 Å². The van der Waals surface area contributed by atoms with E-state index in [2.05, 4.69) is 78.0 Å². The van der Waals surface area contributed by atoms with Gasteiger partial charge in [0.05, 0.1) is 0 Å². The summed E-state index contributed by atoms with van der Waals surface area (Å²) in [6.45, 7) is -0.787. The van der Waals surface area contributed by atoms with E-state index in [0.717, 1.165) is 11.1 Å². The van der Waals surface area contributed by atoms with Gasteiger partial charge in [-0.05, 0) is 11.1 Å². The van der Waals surface area contributed by atoms with Crippen molar-refractivity contribution in [3.05, 3.63) is 108 Å². The number of quaternary nitrogens is 1. The largest absolute Gasteiger partial charge is 0.623 e. The Hall–Kier alpha value is -2.44. The molecule has 2 heterocycles. The van der Waals surface area contributed by atoms with Gasteiger partial charge in [0.1, 0.15) is 11.6 Å². The summed E-state index contributed by atoms with van der Waals surface area (Å²) >= 11 is 0. The molecule has 0 bridgehead atoms. The molecule has 2 aliphatic rings. The molecule has 1 spiro atoms. The summed E-state index contributed by atoms with van der Waals surface area (Å²) in [5.41, 5.74) is 2.68. The molecule has 5 heteroatoms. The molecule has 2 aliphatic heterocycles. The monoisotopic (exact) mass is 359 g/mol. The van der Waals surface area contributed by atoms with Crippen LogP contribution in [-0.2, 0) is 19.6 Å².